The molecule has 1 aliphatic rings. The van der Waals surface area contributed by atoms with Gasteiger partial charge in [-0.25, -0.2) is 10.6 Å². The molecule has 12 heavy (non-hydrogen) atoms. The van der Waals surface area contributed by atoms with Crippen molar-refractivity contribution in [2.24, 2.45) is 5.84 Å². The second-order valence-corrected chi connectivity index (χ2v) is 7.65. The summed E-state index contributed by atoms with van der Waals surface area (Å²) in [5.41, 5.74) is 2.01. The van der Waals surface area contributed by atoms with Crippen molar-refractivity contribution in [1.82, 2.24) is 5.43 Å². The lowest BCUT2D eigenvalue weighted by Gasteiger charge is -2.29. The fourth-order valence-corrected chi connectivity index (χ4v) is 4.61. The number of amides is 1. The molecule has 1 aliphatic heterocycles. The molecule has 1 saturated heterocycles. The van der Waals surface area contributed by atoms with Gasteiger partial charge in [0, 0.05) is 0 Å². The Morgan fingerprint density at radius 1 is 1.42 bits per heavy atom. The molecule has 4 nitrogen and oxygen atoms in total. The first-order valence-electron chi connectivity index (χ1n) is 4.36. The van der Waals surface area contributed by atoms with Crippen LogP contribution in [0.3, 0.4) is 0 Å². The zero-order valence-electron chi connectivity index (χ0n) is 7.43. The Morgan fingerprint density at radius 3 is 2.50 bits per heavy atom. The van der Waals surface area contributed by atoms with Crippen molar-refractivity contribution in [3.8, 4) is 0 Å². The number of carbonyl (C=O) groups is 1. The van der Waals surface area contributed by atoms with E-state index in [0.29, 0.717) is 0 Å². The zero-order valence-corrected chi connectivity index (χ0v) is 8.43. The van der Waals surface area contributed by atoms with Crippen LogP contribution in [0.25, 0.3) is 0 Å². The highest BCUT2D eigenvalue weighted by molar-refractivity contribution is 6.74. The van der Waals surface area contributed by atoms with Crippen LogP contribution < -0.4 is 11.3 Å². The van der Waals surface area contributed by atoms with Crippen molar-refractivity contribution < 1.29 is 9.22 Å². The molecule has 0 aromatic rings. The third-order valence-electron chi connectivity index (χ3n) is 2.37. The van der Waals surface area contributed by atoms with E-state index >= 15 is 0 Å². The molecule has 3 N–H and O–H groups in total. The molecule has 0 saturated carbocycles. The van der Waals surface area contributed by atoms with Gasteiger partial charge in [-0.3, -0.25) is 5.43 Å². The summed E-state index contributed by atoms with van der Waals surface area (Å²) in [5, 5.41) is 0. The number of rotatable bonds is 1. The Bertz CT molecular complexity index is 169. The summed E-state index contributed by atoms with van der Waals surface area (Å²) in [4.78, 5) is 10.9. The number of nitrogens with two attached hydrogens (primary N) is 1. The monoisotopic (exact) mass is 188 g/mol. The van der Waals surface area contributed by atoms with Crippen LogP contribution in [0.1, 0.15) is 19.3 Å². The van der Waals surface area contributed by atoms with E-state index in [1.54, 1.807) is 0 Å². The van der Waals surface area contributed by atoms with E-state index in [1.165, 1.54) is 19.3 Å². The third kappa shape index (κ3) is 2.49. The van der Waals surface area contributed by atoms with Crippen LogP contribution in [0.2, 0.25) is 18.6 Å². The minimum Gasteiger partial charge on any atom is -0.503 e. The molecular weight excluding hydrogens is 172 g/mol. The van der Waals surface area contributed by atoms with E-state index in [1.807, 2.05) is 5.43 Å². The fraction of sp³-hybridized carbons (Fsp3) is 0.857. The lowest BCUT2D eigenvalue weighted by Crippen LogP contribution is -2.44. The molecule has 0 unspecified atom stereocenters. The molecule has 0 aromatic heterocycles. The summed E-state index contributed by atoms with van der Waals surface area (Å²) in [6.07, 6.45) is 3.20. The van der Waals surface area contributed by atoms with Gasteiger partial charge in [0.25, 0.3) is 8.32 Å². The first kappa shape index (κ1) is 9.53. The lowest BCUT2D eigenvalue weighted by atomic mass is 10.3. The number of hydrogen-bond donors (Lipinski definition) is 2. The molecule has 0 bridgehead atoms. The predicted molar refractivity (Wildman–Crippen MR) is 48.9 cm³/mol. The molecule has 1 amide bonds. The van der Waals surface area contributed by atoms with E-state index in [0.717, 1.165) is 12.1 Å². The smallest absolute Gasteiger partial charge is 0.407 e. The van der Waals surface area contributed by atoms with Gasteiger partial charge in [0.05, 0.1) is 0 Å². The summed E-state index contributed by atoms with van der Waals surface area (Å²) < 4.78 is 5.29. The second-order valence-electron chi connectivity index (χ2n) is 3.54. The van der Waals surface area contributed by atoms with Crippen LogP contribution >= 0.6 is 0 Å². The van der Waals surface area contributed by atoms with Gasteiger partial charge in [0.2, 0.25) is 0 Å². The molecule has 1 rings (SSSR count). The summed E-state index contributed by atoms with van der Waals surface area (Å²) >= 11 is 0. The molecule has 0 radical (unpaired) electrons. The van der Waals surface area contributed by atoms with Crippen LogP contribution in [0.15, 0.2) is 0 Å². The SMILES string of the molecule is C[Si]1(OC(=O)NN)CCCCC1. The van der Waals surface area contributed by atoms with E-state index in [9.17, 15) is 4.79 Å². The number of hydrazine groups is 1. The van der Waals surface area contributed by atoms with E-state index < -0.39 is 14.4 Å². The van der Waals surface area contributed by atoms with Crippen molar-refractivity contribution in [3.05, 3.63) is 0 Å². The van der Waals surface area contributed by atoms with Crippen LogP contribution in [-0.4, -0.2) is 14.4 Å². The van der Waals surface area contributed by atoms with E-state index in [-0.39, 0.29) is 0 Å². The van der Waals surface area contributed by atoms with Gasteiger partial charge in [-0.1, -0.05) is 19.3 Å². The van der Waals surface area contributed by atoms with E-state index in [4.69, 9.17) is 10.3 Å². The Hall–Kier alpha value is -0.553. The van der Waals surface area contributed by atoms with Crippen LogP contribution in [0.4, 0.5) is 4.79 Å². The van der Waals surface area contributed by atoms with Crippen molar-refractivity contribution >= 4 is 14.4 Å². The Kier molecular flexibility index (Phi) is 3.10. The molecule has 1 fully saturated rings. The standard InChI is InChI=1S/C7H16N2O2Si/c1-12(11-7(10)9-8)5-3-2-4-6-12/h2-6,8H2,1H3,(H,9,10). The third-order valence-corrected chi connectivity index (χ3v) is 5.87. The lowest BCUT2D eigenvalue weighted by molar-refractivity contribution is 0.197. The van der Waals surface area contributed by atoms with Crippen molar-refractivity contribution in [1.29, 1.82) is 0 Å². The molecule has 0 aromatic carbocycles. The topological polar surface area (TPSA) is 64.3 Å². The largest absolute Gasteiger partial charge is 0.503 e. The van der Waals surface area contributed by atoms with Gasteiger partial charge in [0.1, 0.15) is 0 Å². The predicted octanol–water partition coefficient (Wildman–Crippen LogP) is 1.35. The van der Waals surface area contributed by atoms with Gasteiger partial charge in [-0.2, -0.15) is 0 Å². The average molecular weight is 188 g/mol. The Balaban J connectivity index is 2.41. The zero-order chi connectivity index (χ0) is 9.03. The average Bonchev–Trinajstić information content (AvgIpc) is 2.05. The van der Waals surface area contributed by atoms with Gasteiger partial charge in [-0.15, -0.1) is 0 Å². The maximum atomic E-state index is 10.9. The van der Waals surface area contributed by atoms with Gasteiger partial charge in [-0.05, 0) is 18.6 Å². The van der Waals surface area contributed by atoms with Crippen LogP contribution in [0.5, 0.6) is 0 Å². The first-order chi connectivity index (χ1) is 5.66. The molecule has 0 spiro atoms. The van der Waals surface area contributed by atoms with Crippen molar-refractivity contribution in [2.75, 3.05) is 0 Å². The van der Waals surface area contributed by atoms with Gasteiger partial charge < -0.3 is 4.43 Å². The number of hydrogen-bond acceptors (Lipinski definition) is 3. The summed E-state index contributed by atoms with van der Waals surface area (Å²) in [6, 6.07) is 2.17. The molecule has 1 heterocycles. The van der Waals surface area contributed by atoms with Crippen molar-refractivity contribution in [2.45, 2.75) is 37.9 Å². The normalized spacial score (nSPS) is 21.5. The quantitative estimate of drug-likeness (QED) is 0.282. The molecule has 5 heteroatoms. The molecule has 70 valence electrons. The fourth-order valence-electron chi connectivity index (χ4n) is 1.65. The van der Waals surface area contributed by atoms with Crippen LogP contribution in [-0.2, 0) is 4.43 Å². The second kappa shape index (κ2) is 3.91. The number of nitrogens with one attached hydrogen (secondary N) is 1. The highest BCUT2D eigenvalue weighted by Crippen LogP contribution is 2.28. The summed E-state index contributed by atoms with van der Waals surface area (Å²) in [5.74, 6) is 4.95. The van der Waals surface area contributed by atoms with Crippen molar-refractivity contribution in [3.63, 3.8) is 0 Å². The Morgan fingerprint density at radius 2 is 2.00 bits per heavy atom. The number of carbonyl (C=O) groups excluding carboxylic acids is 1. The van der Waals surface area contributed by atoms with Crippen LogP contribution in [0, 0.1) is 0 Å². The summed E-state index contributed by atoms with van der Waals surface area (Å²) in [6.45, 7) is 2.10. The highest BCUT2D eigenvalue weighted by atomic mass is 28.4. The molecular formula is C7H16N2O2Si. The summed E-state index contributed by atoms with van der Waals surface area (Å²) in [7, 11) is -1.71. The minimum atomic E-state index is -1.71. The van der Waals surface area contributed by atoms with Gasteiger partial charge in [0.15, 0.2) is 0 Å². The maximum Gasteiger partial charge on any atom is 0.407 e. The molecule has 0 atom stereocenters. The maximum absolute atomic E-state index is 10.9. The highest BCUT2D eigenvalue weighted by Gasteiger charge is 2.34. The van der Waals surface area contributed by atoms with E-state index in [2.05, 4.69) is 6.55 Å². The minimum absolute atomic E-state index is 0.467. The Labute approximate surface area is 73.6 Å². The first-order valence-corrected chi connectivity index (χ1v) is 7.18. The van der Waals surface area contributed by atoms with Gasteiger partial charge >= 0.3 is 6.09 Å². The molecule has 0 aliphatic carbocycles.